The third-order valence-corrected chi connectivity index (χ3v) is 4.98. The number of carboxylic acid groups (broad SMARTS) is 1. The van der Waals surface area contributed by atoms with Gasteiger partial charge in [0, 0.05) is 6.54 Å². The summed E-state index contributed by atoms with van der Waals surface area (Å²) in [6, 6.07) is 14.2. The van der Waals surface area contributed by atoms with E-state index in [1.54, 1.807) is 37.3 Å². The Morgan fingerprint density at radius 1 is 1.05 bits per heavy atom. The second-order valence-corrected chi connectivity index (χ2v) is 6.14. The van der Waals surface area contributed by atoms with Crippen molar-refractivity contribution in [1.82, 2.24) is 0 Å². The number of nitrogens with zero attached hydrogens (tertiary/aromatic N) is 1. The summed E-state index contributed by atoms with van der Waals surface area (Å²) in [5, 5.41) is 9.17. The Labute approximate surface area is 123 Å². The number of carboxylic acids is 1. The molecule has 0 bridgehead atoms. The fraction of sp³-hybridized carbons (Fsp3) is 0.133. The molecule has 0 aromatic heterocycles. The van der Waals surface area contributed by atoms with Gasteiger partial charge in [-0.2, -0.15) is 0 Å². The lowest BCUT2D eigenvalue weighted by Gasteiger charge is -2.23. The molecule has 2 aromatic carbocycles. The summed E-state index contributed by atoms with van der Waals surface area (Å²) in [4.78, 5) is 11.0. The average molecular weight is 305 g/mol. The predicted octanol–water partition coefficient (Wildman–Crippen LogP) is 2.60. The molecule has 1 N–H and O–H groups in total. The number of sulfonamides is 1. The molecule has 0 unspecified atom stereocenters. The maximum atomic E-state index is 12.8. The summed E-state index contributed by atoms with van der Waals surface area (Å²) in [7, 11) is -3.93. The summed E-state index contributed by atoms with van der Waals surface area (Å²) in [6.45, 7) is 1.91. The number of carbonyl (C=O) groups is 1. The molecule has 110 valence electrons. The van der Waals surface area contributed by atoms with Crippen molar-refractivity contribution in [3.63, 3.8) is 0 Å². The van der Waals surface area contributed by atoms with E-state index in [1.165, 1.54) is 28.6 Å². The zero-order valence-electron chi connectivity index (χ0n) is 11.4. The van der Waals surface area contributed by atoms with E-state index in [0.717, 1.165) is 0 Å². The van der Waals surface area contributed by atoms with E-state index in [4.69, 9.17) is 0 Å². The Morgan fingerprint density at radius 3 is 2.19 bits per heavy atom. The molecule has 0 aliphatic carbocycles. The van der Waals surface area contributed by atoms with Crippen molar-refractivity contribution in [3.8, 4) is 0 Å². The summed E-state index contributed by atoms with van der Waals surface area (Å²) in [6.07, 6.45) is 0. The highest BCUT2D eigenvalue weighted by Gasteiger charge is 2.27. The number of anilines is 1. The maximum absolute atomic E-state index is 12.8. The molecule has 0 atom stereocenters. The lowest BCUT2D eigenvalue weighted by atomic mass is 10.2. The molecular weight excluding hydrogens is 290 g/mol. The molecule has 0 spiro atoms. The van der Waals surface area contributed by atoms with E-state index in [2.05, 4.69) is 0 Å². The van der Waals surface area contributed by atoms with Crippen LogP contribution in [0.4, 0.5) is 5.69 Å². The molecule has 0 radical (unpaired) electrons. The number of rotatable bonds is 5. The van der Waals surface area contributed by atoms with Gasteiger partial charge in [-0.1, -0.05) is 30.3 Å². The van der Waals surface area contributed by atoms with Crippen LogP contribution in [0.25, 0.3) is 0 Å². The molecule has 0 saturated heterocycles. The van der Waals surface area contributed by atoms with Crippen molar-refractivity contribution in [3.05, 3.63) is 60.2 Å². The molecule has 0 fully saturated rings. The van der Waals surface area contributed by atoms with Gasteiger partial charge in [0.2, 0.25) is 0 Å². The third kappa shape index (κ3) is 2.90. The molecule has 2 rings (SSSR count). The molecule has 0 amide bonds. The van der Waals surface area contributed by atoms with Gasteiger partial charge in [0.15, 0.2) is 0 Å². The van der Waals surface area contributed by atoms with E-state index < -0.39 is 16.0 Å². The third-order valence-electron chi connectivity index (χ3n) is 3.02. The van der Waals surface area contributed by atoms with Crippen LogP contribution in [0.5, 0.6) is 0 Å². The first kappa shape index (κ1) is 15.1. The molecule has 21 heavy (non-hydrogen) atoms. The Morgan fingerprint density at radius 2 is 1.62 bits per heavy atom. The first-order chi connectivity index (χ1) is 9.98. The normalized spacial score (nSPS) is 11.1. The summed E-state index contributed by atoms with van der Waals surface area (Å²) in [5.74, 6) is -1.27. The van der Waals surface area contributed by atoms with Gasteiger partial charge in [0.05, 0.1) is 11.3 Å². The van der Waals surface area contributed by atoms with Gasteiger partial charge in [-0.15, -0.1) is 0 Å². The van der Waals surface area contributed by atoms with E-state index in [0.29, 0.717) is 5.69 Å². The van der Waals surface area contributed by atoms with Crippen LogP contribution in [-0.2, 0) is 10.0 Å². The van der Waals surface area contributed by atoms with Crippen molar-refractivity contribution in [2.24, 2.45) is 0 Å². The van der Waals surface area contributed by atoms with Crippen LogP contribution in [0.3, 0.4) is 0 Å². The minimum atomic E-state index is -3.93. The first-order valence-electron chi connectivity index (χ1n) is 6.38. The Bertz CT molecular complexity index is 741. The Balaban J connectivity index is 2.59. The summed E-state index contributed by atoms with van der Waals surface area (Å²) in [5.41, 5.74) is 0.270. The number of para-hydroxylation sites is 1. The largest absolute Gasteiger partial charge is 0.478 e. The van der Waals surface area contributed by atoms with E-state index in [-0.39, 0.29) is 17.0 Å². The van der Waals surface area contributed by atoms with Crippen LogP contribution in [0.1, 0.15) is 17.3 Å². The smallest absolute Gasteiger partial charge is 0.337 e. The van der Waals surface area contributed by atoms with Crippen LogP contribution in [0.15, 0.2) is 59.5 Å². The van der Waals surface area contributed by atoms with E-state index in [9.17, 15) is 18.3 Å². The van der Waals surface area contributed by atoms with E-state index >= 15 is 0 Å². The first-order valence-corrected chi connectivity index (χ1v) is 7.82. The topological polar surface area (TPSA) is 74.7 Å². The SMILES string of the molecule is CCN(c1ccccc1)S(=O)(=O)c1ccccc1C(=O)O. The minimum Gasteiger partial charge on any atom is -0.478 e. The van der Waals surface area contributed by atoms with Crippen molar-refractivity contribution >= 4 is 21.7 Å². The Kier molecular flexibility index (Phi) is 4.28. The lowest BCUT2D eigenvalue weighted by molar-refractivity contribution is 0.0692. The minimum absolute atomic E-state index is 0.205. The van der Waals surface area contributed by atoms with Gasteiger partial charge in [0.25, 0.3) is 10.0 Å². The predicted molar refractivity (Wildman–Crippen MR) is 80.0 cm³/mol. The fourth-order valence-electron chi connectivity index (χ4n) is 2.07. The number of hydrogen-bond acceptors (Lipinski definition) is 3. The Hall–Kier alpha value is -2.34. The molecule has 6 heteroatoms. The second-order valence-electron chi connectivity index (χ2n) is 4.31. The van der Waals surface area contributed by atoms with Crippen molar-refractivity contribution in [1.29, 1.82) is 0 Å². The highest BCUT2D eigenvalue weighted by Crippen LogP contribution is 2.25. The quantitative estimate of drug-likeness (QED) is 0.921. The van der Waals surface area contributed by atoms with Gasteiger partial charge >= 0.3 is 5.97 Å². The highest BCUT2D eigenvalue weighted by atomic mass is 32.2. The van der Waals surface area contributed by atoms with Gasteiger partial charge in [-0.05, 0) is 31.2 Å². The van der Waals surface area contributed by atoms with Crippen LogP contribution in [0, 0.1) is 0 Å². The number of hydrogen-bond donors (Lipinski definition) is 1. The molecular formula is C15H15NO4S. The van der Waals surface area contributed by atoms with Gasteiger partial charge in [0.1, 0.15) is 4.90 Å². The molecule has 0 saturated carbocycles. The lowest BCUT2D eigenvalue weighted by Crippen LogP contribution is -2.31. The molecule has 0 aliphatic rings. The fourth-order valence-corrected chi connectivity index (χ4v) is 3.73. The number of benzene rings is 2. The van der Waals surface area contributed by atoms with Crippen LogP contribution in [0.2, 0.25) is 0 Å². The standard InChI is InChI=1S/C15H15NO4S/c1-2-16(12-8-4-3-5-9-12)21(19,20)14-11-7-6-10-13(14)15(17)18/h3-11H,2H2,1H3,(H,17,18). The average Bonchev–Trinajstić information content (AvgIpc) is 2.49. The zero-order chi connectivity index (χ0) is 15.5. The monoisotopic (exact) mass is 305 g/mol. The second kappa shape index (κ2) is 5.97. The van der Waals surface area contributed by atoms with Gasteiger partial charge < -0.3 is 5.11 Å². The highest BCUT2D eigenvalue weighted by molar-refractivity contribution is 7.93. The van der Waals surface area contributed by atoms with Crippen molar-refractivity contribution in [2.75, 3.05) is 10.8 Å². The molecule has 2 aromatic rings. The molecule has 0 heterocycles. The van der Waals surface area contributed by atoms with Crippen LogP contribution in [-0.4, -0.2) is 26.0 Å². The van der Waals surface area contributed by atoms with Gasteiger partial charge in [-0.3, -0.25) is 4.31 Å². The van der Waals surface area contributed by atoms with Crippen LogP contribution < -0.4 is 4.31 Å². The molecule has 0 aliphatic heterocycles. The van der Waals surface area contributed by atoms with Gasteiger partial charge in [-0.25, -0.2) is 13.2 Å². The summed E-state index contributed by atoms with van der Waals surface area (Å²) < 4.78 is 26.7. The van der Waals surface area contributed by atoms with Crippen LogP contribution >= 0.6 is 0 Å². The van der Waals surface area contributed by atoms with Crippen molar-refractivity contribution < 1.29 is 18.3 Å². The maximum Gasteiger partial charge on any atom is 0.337 e. The number of aromatic carboxylic acids is 1. The van der Waals surface area contributed by atoms with Crippen molar-refractivity contribution in [2.45, 2.75) is 11.8 Å². The summed E-state index contributed by atoms with van der Waals surface area (Å²) >= 11 is 0. The molecule has 5 nitrogen and oxygen atoms in total. The zero-order valence-corrected chi connectivity index (χ0v) is 12.2. The van der Waals surface area contributed by atoms with E-state index in [1.807, 2.05) is 0 Å².